The summed E-state index contributed by atoms with van der Waals surface area (Å²) in [5.74, 6) is 0.328. The Labute approximate surface area is 170 Å². The van der Waals surface area contributed by atoms with Crippen LogP contribution in [0.1, 0.15) is 90.4 Å². The van der Waals surface area contributed by atoms with Gasteiger partial charge in [-0.15, -0.1) is 0 Å². The molecule has 6 atom stereocenters. The monoisotopic (exact) mass is 392 g/mol. The molecule has 3 aliphatic rings. The van der Waals surface area contributed by atoms with E-state index in [0.717, 1.165) is 64.2 Å². The normalized spacial score (nSPS) is 35.0. The van der Waals surface area contributed by atoms with Gasteiger partial charge < -0.3 is 15.3 Å². The number of hydrogen-bond acceptors (Lipinski definition) is 3. The molecule has 0 spiro atoms. The third kappa shape index (κ3) is 5.18. The van der Waals surface area contributed by atoms with Crippen LogP contribution in [-0.2, 0) is 4.79 Å². The van der Waals surface area contributed by atoms with Crippen LogP contribution in [0, 0.1) is 29.1 Å². The molecule has 1 unspecified atom stereocenters. The Hall–Kier alpha value is -0.870. The van der Waals surface area contributed by atoms with Crippen molar-refractivity contribution in [2.45, 2.75) is 103 Å². The van der Waals surface area contributed by atoms with Gasteiger partial charge in [0, 0.05) is 0 Å². The van der Waals surface area contributed by atoms with Gasteiger partial charge in [0.05, 0.1) is 18.1 Å². The number of rotatable bonds is 12. The maximum atomic E-state index is 10.9. The highest BCUT2D eigenvalue weighted by Gasteiger charge is 2.43. The van der Waals surface area contributed by atoms with Crippen LogP contribution in [0.2, 0.25) is 0 Å². The average molecular weight is 393 g/mol. The molecule has 160 valence electrons. The summed E-state index contributed by atoms with van der Waals surface area (Å²) < 4.78 is 0. The van der Waals surface area contributed by atoms with Crippen molar-refractivity contribution in [3.05, 3.63) is 12.2 Å². The SMILES string of the molecule is CCCCC1(C(O)C=C[C@H]2CC[C@H](O)[C@@H]2CCCC[C@@H]2C[C@H]2C(=O)O)CCC1. The smallest absolute Gasteiger partial charge is 0.306 e. The van der Waals surface area contributed by atoms with E-state index in [-0.39, 0.29) is 23.5 Å². The molecular formula is C24H40O4. The lowest BCUT2D eigenvalue weighted by Crippen LogP contribution is -2.40. The van der Waals surface area contributed by atoms with Crippen LogP contribution in [0.4, 0.5) is 0 Å². The molecule has 0 aromatic heterocycles. The number of hydrogen-bond donors (Lipinski definition) is 3. The molecule has 0 amide bonds. The Kier molecular flexibility index (Phi) is 7.60. The Morgan fingerprint density at radius 2 is 1.93 bits per heavy atom. The van der Waals surface area contributed by atoms with Gasteiger partial charge in [0.2, 0.25) is 0 Å². The predicted octanol–water partition coefficient (Wildman–Crippen LogP) is 4.93. The molecule has 4 heteroatoms. The van der Waals surface area contributed by atoms with Crippen molar-refractivity contribution >= 4 is 5.97 Å². The van der Waals surface area contributed by atoms with Crippen molar-refractivity contribution in [2.24, 2.45) is 29.1 Å². The standard InChI is InChI=1S/C24H40O4/c1-2-3-13-24(14-6-15-24)22(26)12-10-17-9-11-21(25)19(17)8-5-4-7-18-16-20(18)23(27)28/h10,12,17-22,25-26H,2-9,11,13-16H2,1H3,(H,27,28)/t17-,18-,19-,20-,21+,22?/m1/s1. The van der Waals surface area contributed by atoms with E-state index in [4.69, 9.17) is 5.11 Å². The first-order valence-corrected chi connectivity index (χ1v) is 11.7. The molecule has 0 heterocycles. The van der Waals surface area contributed by atoms with E-state index in [1.165, 1.54) is 19.3 Å². The highest BCUT2D eigenvalue weighted by Crippen LogP contribution is 2.49. The molecule has 4 nitrogen and oxygen atoms in total. The van der Waals surface area contributed by atoms with Crippen LogP contribution >= 0.6 is 0 Å². The summed E-state index contributed by atoms with van der Waals surface area (Å²) in [5, 5.41) is 30.2. The fourth-order valence-electron chi connectivity index (χ4n) is 5.68. The highest BCUT2D eigenvalue weighted by atomic mass is 16.4. The summed E-state index contributed by atoms with van der Waals surface area (Å²) in [7, 11) is 0. The molecule has 3 rings (SSSR count). The van der Waals surface area contributed by atoms with Crippen LogP contribution in [-0.4, -0.2) is 33.5 Å². The highest BCUT2D eigenvalue weighted by molar-refractivity contribution is 5.73. The average Bonchev–Trinajstić information content (AvgIpc) is 3.33. The molecule has 0 bridgehead atoms. The molecule has 3 aliphatic carbocycles. The quantitative estimate of drug-likeness (QED) is 0.325. The number of aliphatic hydroxyl groups is 2. The molecule has 28 heavy (non-hydrogen) atoms. The van der Waals surface area contributed by atoms with E-state index in [1.807, 2.05) is 6.08 Å². The first kappa shape index (κ1) is 21.8. The van der Waals surface area contributed by atoms with Crippen LogP contribution in [0.3, 0.4) is 0 Å². The van der Waals surface area contributed by atoms with Crippen molar-refractivity contribution in [3.8, 4) is 0 Å². The van der Waals surface area contributed by atoms with Gasteiger partial charge in [-0.25, -0.2) is 0 Å². The molecule has 0 aromatic rings. The minimum atomic E-state index is -0.636. The number of carbonyl (C=O) groups is 1. The Morgan fingerprint density at radius 3 is 2.54 bits per heavy atom. The van der Waals surface area contributed by atoms with Gasteiger partial charge >= 0.3 is 5.97 Å². The van der Waals surface area contributed by atoms with Gasteiger partial charge in [-0.1, -0.05) is 51.2 Å². The zero-order valence-electron chi connectivity index (χ0n) is 17.6. The van der Waals surface area contributed by atoms with Crippen molar-refractivity contribution in [1.29, 1.82) is 0 Å². The van der Waals surface area contributed by atoms with Crippen LogP contribution in [0.15, 0.2) is 12.2 Å². The largest absolute Gasteiger partial charge is 0.481 e. The third-order valence-corrected chi connectivity index (χ3v) is 7.99. The lowest BCUT2D eigenvalue weighted by Gasteiger charge is -2.45. The minimum absolute atomic E-state index is 0.0965. The number of unbranched alkanes of at least 4 members (excludes halogenated alkanes) is 2. The molecule has 3 N–H and O–H groups in total. The van der Waals surface area contributed by atoms with E-state index in [9.17, 15) is 15.0 Å². The molecule has 0 aromatic carbocycles. The molecular weight excluding hydrogens is 352 g/mol. The van der Waals surface area contributed by atoms with E-state index in [0.29, 0.717) is 17.8 Å². The van der Waals surface area contributed by atoms with Crippen molar-refractivity contribution in [3.63, 3.8) is 0 Å². The van der Waals surface area contributed by atoms with Crippen molar-refractivity contribution in [2.75, 3.05) is 0 Å². The van der Waals surface area contributed by atoms with E-state index in [1.54, 1.807) is 0 Å². The summed E-state index contributed by atoms with van der Waals surface area (Å²) in [6, 6.07) is 0. The van der Waals surface area contributed by atoms with Crippen LogP contribution in [0.5, 0.6) is 0 Å². The summed E-state index contributed by atoms with van der Waals surface area (Å²) in [5.41, 5.74) is 0.115. The van der Waals surface area contributed by atoms with E-state index in [2.05, 4.69) is 13.0 Å². The van der Waals surface area contributed by atoms with Gasteiger partial charge in [0.25, 0.3) is 0 Å². The first-order valence-electron chi connectivity index (χ1n) is 11.7. The molecule has 0 aliphatic heterocycles. The number of aliphatic hydroxyl groups excluding tert-OH is 2. The fraction of sp³-hybridized carbons (Fsp3) is 0.875. The molecule has 3 saturated carbocycles. The number of carboxylic acids is 1. The second-order valence-corrected chi connectivity index (χ2v) is 9.85. The maximum Gasteiger partial charge on any atom is 0.306 e. The Morgan fingerprint density at radius 1 is 1.18 bits per heavy atom. The minimum Gasteiger partial charge on any atom is -0.481 e. The molecule has 0 saturated heterocycles. The maximum absolute atomic E-state index is 10.9. The summed E-state index contributed by atoms with van der Waals surface area (Å²) in [6.45, 7) is 2.21. The van der Waals surface area contributed by atoms with Gasteiger partial charge in [-0.05, 0) is 74.5 Å². The van der Waals surface area contributed by atoms with Gasteiger partial charge in [-0.2, -0.15) is 0 Å². The summed E-state index contributed by atoms with van der Waals surface area (Å²) in [6.07, 6.45) is 17.6. The number of carboxylic acid groups (broad SMARTS) is 1. The molecule has 0 radical (unpaired) electrons. The first-order chi connectivity index (χ1) is 13.5. The summed E-state index contributed by atoms with van der Waals surface area (Å²) in [4.78, 5) is 10.9. The zero-order valence-corrected chi connectivity index (χ0v) is 17.6. The van der Waals surface area contributed by atoms with Crippen molar-refractivity contribution < 1.29 is 20.1 Å². The number of allylic oxidation sites excluding steroid dienone is 1. The lowest BCUT2D eigenvalue weighted by atomic mass is 9.62. The molecule has 3 fully saturated rings. The lowest BCUT2D eigenvalue weighted by molar-refractivity contribution is -0.138. The van der Waals surface area contributed by atoms with E-state index >= 15 is 0 Å². The third-order valence-electron chi connectivity index (χ3n) is 7.99. The predicted molar refractivity (Wildman–Crippen MR) is 111 cm³/mol. The van der Waals surface area contributed by atoms with Crippen LogP contribution < -0.4 is 0 Å². The number of aliphatic carboxylic acids is 1. The van der Waals surface area contributed by atoms with Gasteiger partial charge in [0.15, 0.2) is 0 Å². The topological polar surface area (TPSA) is 77.8 Å². The van der Waals surface area contributed by atoms with Crippen molar-refractivity contribution in [1.82, 2.24) is 0 Å². The fourth-order valence-corrected chi connectivity index (χ4v) is 5.68. The second-order valence-electron chi connectivity index (χ2n) is 9.85. The second kappa shape index (κ2) is 9.75. The van der Waals surface area contributed by atoms with E-state index < -0.39 is 5.97 Å². The van der Waals surface area contributed by atoms with Gasteiger partial charge in [0.1, 0.15) is 0 Å². The summed E-state index contributed by atoms with van der Waals surface area (Å²) >= 11 is 0. The van der Waals surface area contributed by atoms with Crippen LogP contribution in [0.25, 0.3) is 0 Å². The van der Waals surface area contributed by atoms with Gasteiger partial charge in [-0.3, -0.25) is 4.79 Å². The zero-order chi connectivity index (χ0) is 20.1. The Bertz CT molecular complexity index is 539. The Balaban J connectivity index is 1.43.